The van der Waals surface area contributed by atoms with Crippen molar-refractivity contribution < 1.29 is 4.42 Å². The lowest BCUT2D eigenvalue weighted by Gasteiger charge is -2.10. The van der Waals surface area contributed by atoms with Crippen molar-refractivity contribution in [2.45, 2.75) is 32.4 Å². The molecule has 0 bridgehead atoms. The predicted octanol–water partition coefficient (Wildman–Crippen LogP) is 2.17. The molecule has 66 valence electrons. The molecule has 12 heavy (non-hydrogen) atoms. The maximum Gasteiger partial charge on any atom is 0.0947 e. The van der Waals surface area contributed by atoms with Gasteiger partial charge in [0.2, 0.25) is 0 Å². The molecule has 1 heterocycles. The normalized spacial score (nSPS) is 19.4. The summed E-state index contributed by atoms with van der Waals surface area (Å²) in [4.78, 5) is 0. The maximum atomic E-state index is 4.98. The highest BCUT2D eigenvalue weighted by molar-refractivity contribution is 5.05. The summed E-state index contributed by atoms with van der Waals surface area (Å²) in [5.41, 5.74) is 1.24. The number of nitrogens with one attached hydrogen (secondary N) is 1. The molecule has 1 aliphatic carbocycles. The molecule has 0 amide bonds. The van der Waals surface area contributed by atoms with Crippen LogP contribution in [0.5, 0.6) is 0 Å². The lowest BCUT2D eigenvalue weighted by Crippen LogP contribution is -2.26. The molecular formula is C10H15NO. The Balaban J connectivity index is 1.74. The zero-order valence-electron chi connectivity index (χ0n) is 7.42. The van der Waals surface area contributed by atoms with Crippen molar-refractivity contribution in [1.82, 2.24) is 5.32 Å². The lowest BCUT2D eigenvalue weighted by molar-refractivity contribution is 0.492. The third-order valence-corrected chi connectivity index (χ3v) is 2.54. The van der Waals surface area contributed by atoms with Crippen molar-refractivity contribution in [1.29, 1.82) is 0 Å². The molecule has 2 heteroatoms. The van der Waals surface area contributed by atoms with Crippen molar-refractivity contribution in [3.05, 3.63) is 24.2 Å². The largest absolute Gasteiger partial charge is 0.472 e. The van der Waals surface area contributed by atoms with E-state index in [0.29, 0.717) is 6.04 Å². The lowest BCUT2D eigenvalue weighted by atomic mass is 10.2. The first-order valence-corrected chi connectivity index (χ1v) is 4.61. The molecule has 1 aliphatic rings. The van der Waals surface area contributed by atoms with Gasteiger partial charge in [0.05, 0.1) is 12.5 Å². The minimum Gasteiger partial charge on any atom is -0.472 e. The highest BCUT2D eigenvalue weighted by Crippen LogP contribution is 2.32. The summed E-state index contributed by atoms with van der Waals surface area (Å²) in [6.07, 6.45) is 6.32. The Morgan fingerprint density at radius 1 is 1.67 bits per heavy atom. The fourth-order valence-corrected chi connectivity index (χ4v) is 1.43. The smallest absolute Gasteiger partial charge is 0.0947 e. The van der Waals surface area contributed by atoms with E-state index < -0.39 is 0 Å². The van der Waals surface area contributed by atoms with Crippen molar-refractivity contribution in [3.63, 3.8) is 0 Å². The molecule has 1 aromatic rings. The van der Waals surface area contributed by atoms with Crippen molar-refractivity contribution in [2.75, 3.05) is 0 Å². The van der Waals surface area contributed by atoms with E-state index in [9.17, 15) is 0 Å². The molecule has 1 unspecified atom stereocenters. The fraction of sp³-hybridized carbons (Fsp3) is 0.600. The van der Waals surface area contributed by atoms with E-state index >= 15 is 0 Å². The molecule has 1 atom stereocenters. The summed E-state index contributed by atoms with van der Waals surface area (Å²) in [6.45, 7) is 3.20. The van der Waals surface area contributed by atoms with Crippen LogP contribution in [0, 0.1) is 5.92 Å². The van der Waals surface area contributed by atoms with Gasteiger partial charge in [-0.2, -0.15) is 0 Å². The van der Waals surface area contributed by atoms with Gasteiger partial charge in [-0.1, -0.05) is 0 Å². The summed E-state index contributed by atoms with van der Waals surface area (Å²) in [5.74, 6) is 0.928. The van der Waals surface area contributed by atoms with Gasteiger partial charge in [-0.3, -0.25) is 0 Å². The summed E-state index contributed by atoms with van der Waals surface area (Å²) in [7, 11) is 0. The van der Waals surface area contributed by atoms with Crippen LogP contribution in [0.2, 0.25) is 0 Å². The van der Waals surface area contributed by atoms with E-state index in [0.717, 1.165) is 12.5 Å². The highest BCUT2D eigenvalue weighted by atomic mass is 16.3. The Labute approximate surface area is 73.0 Å². The van der Waals surface area contributed by atoms with E-state index in [2.05, 4.69) is 12.2 Å². The Bertz CT molecular complexity index is 226. The first-order valence-electron chi connectivity index (χ1n) is 4.61. The fourth-order valence-electron chi connectivity index (χ4n) is 1.43. The third kappa shape index (κ3) is 1.89. The van der Waals surface area contributed by atoms with Gasteiger partial charge in [0, 0.05) is 18.2 Å². The molecule has 1 N–H and O–H groups in total. The predicted molar refractivity (Wildman–Crippen MR) is 47.7 cm³/mol. The zero-order valence-corrected chi connectivity index (χ0v) is 7.42. The molecule has 0 aromatic carbocycles. The van der Waals surface area contributed by atoms with Crippen LogP contribution in [0.4, 0.5) is 0 Å². The van der Waals surface area contributed by atoms with Crippen LogP contribution in [0.25, 0.3) is 0 Å². The van der Waals surface area contributed by atoms with E-state index in [-0.39, 0.29) is 0 Å². The standard InChI is InChI=1S/C10H15NO/c1-8(10-2-3-10)11-6-9-4-5-12-7-9/h4-5,7-8,10-11H,2-3,6H2,1H3. The second-order valence-electron chi connectivity index (χ2n) is 3.64. The Morgan fingerprint density at radius 3 is 3.08 bits per heavy atom. The van der Waals surface area contributed by atoms with Gasteiger partial charge in [0.1, 0.15) is 0 Å². The summed E-state index contributed by atoms with van der Waals surface area (Å²) >= 11 is 0. The van der Waals surface area contributed by atoms with Gasteiger partial charge in [-0.05, 0) is 31.7 Å². The number of hydrogen-bond acceptors (Lipinski definition) is 2. The van der Waals surface area contributed by atoms with Gasteiger partial charge in [0.15, 0.2) is 0 Å². The minimum absolute atomic E-state index is 0.667. The Morgan fingerprint density at radius 2 is 2.50 bits per heavy atom. The first-order chi connectivity index (χ1) is 5.86. The molecule has 1 fully saturated rings. The molecule has 0 spiro atoms. The molecule has 0 saturated heterocycles. The second-order valence-corrected chi connectivity index (χ2v) is 3.64. The van der Waals surface area contributed by atoms with Crippen molar-refractivity contribution >= 4 is 0 Å². The number of rotatable bonds is 4. The van der Waals surface area contributed by atoms with Crippen LogP contribution in [0.3, 0.4) is 0 Å². The minimum atomic E-state index is 0.667. The average molecular weight is 165 g/mol. The molecular weight excluding hydrogens is 150 g/mol. The van der Waals surface area contributed by atoms with Crippen molar-refractivity contribution in [3.8, 4) is 0 Å². The summed E-state index contributed by atoms with van der Waals surface area (Å²) < 4.78 is 4.98. The van der Waals surface area contributed by atoms with Crippen LogP contribution in [-0.4, -0.2) is 6.04 Å². The molecule has 0 radical (unpaired) electrons. The molecule has 2 rings (SSSR count). The quantitative estimate of drug-likeness (QED) is 0.739. The van der Waals surface area contributed by atoms with Crippen LogP contribution in [0.15, 0.2) is 23.0 Å². The molecule has 0 aliphatic heterocycles. The van der Waals surface area contributed by atoms with Gasteiger partial charge < -0.3 is 9.73 Å². The van der Waals surface area contributed by atoms with Gasteiger partial charge in [-0.25, -0.2) is 0 Å². The van der Waals surface area contributed by atoms with Gasteiger partial charge in [0.25, 0.3) is 0 Å². The van der Waals surface area contributed by atoms with Gasteiger partial charge >= 0.3 is 0 Å². The maximum absolute atomic E-state index is 4.98. The summed E-state index contributed by atoms with van der Waals surface area (Å²) in [6, 6.07) is 2.67. The topological polar surface area (TPSA) is 25.2 Å². The van der Waals surface area contributed by atoms with Crippen LogP contribution in [-0.2, 0) is 6.54 Å². The van der Waals surface area contributed by atoms with E-state index in [1.807, 2.05) is 6.07 Å². The van der Waals surface area contributed by atoms with Crippen LogP contribution >= 0.6 is 0 Å². The zero-order chi connectivity index (χ0) is 8.39. The number of hydrogen-bond donors (Lipinski definition) is 1. The van der Waals surface area contributed by atoms with E-state index in [4.69, 9.17) is 4.42 Å². The Hall–Kier alpha value is -0.760. The second kappa shape index (κ2) is 3.31. The Kier molecular flexibility index (Phi) is 2.17. The third-order valence-electron chi connectivity index (χ3n) is 2.54. The summed E-state index contributed by atoms with van der Waals surface area (Å²) in [5, 5.41) is 3.49. The number of furan rings is 1. The average Bonchev–Trinajstić information content (AvgIpc) is 2.80. The monoisotopic (exact) mass is 165 g/mol. The SMILES string of the molecule is CC(NCc1ccoc1)C1CC1. The molecule has 1 aromatic heterocycles. The van der Waals surface area contributed by atoms with E-state index in [1.54, 1.807) is 12.5 Å². The first kappa shape index (κ1) is 7.87. The van der Waals surface area contributed by atoms with Crippen molar-refractivity contribution in [2.24, 2.45) is 5.92 Å². The highest BCUT2D eigenvalue weighted by Gasteiger charge is 2.27. The van der Waals surface area contributed by atoms with Gasteiger partial charge in [-0.15, -0.1) is 0 Å². The van der Waals surface area contributed by atoms with E-state index in [1.165, 1.54) is 18.4 Å². The van der Waals surface area contributed by atoms with Crippen LogP contribution < -0.4 is 5.32 Å². The molecule has 2 nitrogen and oxygen atoms in total. The van der Waals surface area contributed by atoms with Crippen LogP contribution in [0.1, 0.15) is 25.3 Å². The molecule has 1 saturated carbocycles.